The lowest BCUT2D eigenvalue weighted by atomic mass is 9.76. The highest BCUT2D eigenvalue weighted by Gasteiger charge is 2.35. The van der Waals surface area contributed by atoms with Gasteiger partial charge in [0, 0.05) is 11.1 Å². The molecule has 2 aromatic carbocycles. The van der Waals surface area contributed by atoms with E-state index in [0.717, 1.165) is 35.3 Å². The minimum atomic E-state index is -0.205. The van der Waals surface area contributed by atoms with Gasteiger partial charge >= 0.3 is 5.97 Å². The first-order chi connectivity index (χ1) is 14.5. The molecule has 2 nitrogen and oxygen atoms in total. The van der Waals surface area contributed by atoms with Gasteiger partial charge in [-0.15, -0.1) is 0 Å². The molecule has 0 N–H and O–H groups in total. The standard InChI is InChI=1S/C29H40O2/c1-20-18-23(28(2,3)4)26(24(19-20)29(5,6)7)31-27(30)25(21-14-10-8-11-15-21)22-16-12-9-13-17-22/h8,10-11,14-15,18-19,22,25H,9,12-13,16-17H2,1-7H3. The highest BCUT2D eigenvalue weighted by molar-refractivity contribution is 5.81. The minimum absolute atomic E-state index is 0.0991. The summed E-state index contributed by atoms with van der Waals surface area (Å²) in [6.07, 6.45) is 5.87. The largest absolute Gasteiger partial charge is 0.425 e. The Labute approximate surface area is 189 Å². The van der Waals surface area contributed by atoms with E-state index in [1.807, 2.05) is 18.2 Å². The summed E-state index contributed by atoms with van der Waals surface area (Å²) in [5, 5.41) is 0. The highest BCUT2D eigenvalue weighted by Crippen LogP contribution is 2.43. The van der Waals surface area contributed by atoms with Crippen molar-refractivity contribution in [3.63, 3.8) is 0 Å². The molecule has 168 valence electrons. The van der Waals surface area contributed by atoms with Crippen LogP contribution >= 0.6 is 0 Å². The molecule has 1 atom stereocenters. The lowest BCUT2D eigenvalue weighted by Gasteiger charge is -2.32. The van der Waals surface area contributed by atoms with Crippen molar-refractivity contribution < 1.29 is 9.53 Å². The van der Waals surface area contributed by atoms with Crippen LogP contribution in [0.1, 0.15) is 102 Å². The van der Waals surface area contributed by atoms with Gasteiger partial charge in [-0.2, -0.15) is 0 Å². The predicted molar refractivity (Wildman–Crippen MR) is 130 cm³/mol. The Hall–Kier alpha value is -2.09. The number of ether oxygens (including phenoxy) is 1. The van der Waals surface area contributed by atoms with E-state index in [1.165, 1.54) is 24.8 Å². The van der Waals surface area contributed by atoms with Crippen LogP contribution in [0.4, 0.5) is 0 Å². The second-order valence-corrected chi connectivity index (χ2v) is 11.4. The number of carbonyl (C=O) groups excluding carboxylic acids is 1. The normalized spacial score (nSPS) is 16.7. The van der Waals surface area contributed by atoms with Gasteiger partial charge in [0.05, 0.1) is 5.92 Å². The summed E-state index contributed by atoms with van der Waals surface area (Å²) >= 11 is 0. The van der Waals surface area contributed by atoms with Crippen LogP contribution < -0.4 is 4.74 Å². The molecule has 0 saturated heterocycles. The molecule has 1 fully saturated rings. The molecule has 1 aliphatic carbocycles. The Kier molecular flexibility index (Phi) is 6.98. The van der Waals surface area contributed by atoms with Crippen molar-refractivity contribution >= 4 is 5.97 Å². The molecular weight excluding hydrogens is 380 g/mol. The van der Waals surface area contributed by atoms with E-state index < -0.39 is 0 Å². The monoisotopic (exact) mass is 420 g/mol. The van der Waals surface area contributed by atoms with Gasteiger partial charge in [-0.1, -0.05) is 109 Å². The second-order valence-electron chi connectivity index (χ2n) is 11.4. The second kappa shape index (κ2) is 9.18. The van der Waals surface area contributed by atoms with Gasteiger partial charge in [-0.25, -0.2) is 0 Å². The van der Waals surface area contributed by atoms with Crippen LogP contribution in [0, 0.1) is 12.8 Å². The van der Waals surface area contributed by atoms with Crippen LogP contribution in [0.3, 0.4) is 0 Å². The zero-order valence-electron chi connectivity index (χ0n) is 20.5. The molecule has 1 aliphatic rings. The Morgan fingerprint density at radius 2 is 1.39 bits per heavy atom. The minimum Gasteiger partial charge on any atom is -0.425 e. The first-order valence-corrected chi connectivity index (χ1v) is 11.9. The Balaban J connectivity index is 2.07. The molecule has 0 radical (unpaired) electrons. The number of hydrogen-bond donors (Lipinski definition) is 0. The van der Waals surface area contributed by atoms with Crippen molar-refractivity contribution in [1.29, 1.82) is 0 Å². The Morgan fingerprint density at radius 3 is 1.87 bits per heavy atom. The topological polar surface area (TPSA) is 26.3 Å². The summed E-state index contributed by atoms with van der Waals surface area (Å²) < 4.78 is 6.42. The number of rotatable bonds is 4. The third-order valence-corrected chi connectivity index (χ3v) is 6.59. The van der Waals surface area contributed by atoms with Gasteiger partial charge in [0.15, 0.2) is 0 Å². The quantitative estimate of drug-likeness (QED) is 0.372. The molecular formula is C29H40O2. The predicted octanol–water partition coefficient (Wildman–Crippen LogP) is 7.86. The van der Waals surface area contributed by atoms with Crippen LogP contribution in [-0.2, 0) is 15.6 Å². The van der Waals surface area contributed by atoms with Gasteiger partial charge < -0.3 is 4.74 Å². The summed E-state index contributed by atoms with van der Waals surface area (Å²) in [6, 6.07) is 14.6. The average Bonchev–Trinajstić information content (AvgIpc) is 2.69. The smallest absolute Gasteiger partial charge is 0.319 e. The van der Waals surface area contributed by atoms with Crippen LogP contribution in [0.25, 0.3) is 0 Å². The lowest BCUT2D eigenvalue weighted by Crippen LogP contribution is -2.30. The molecule has 0 aliphatic heterocycles. The molecule has 0 heterocycles. The third kappa shape index (κ3) is 5.59. The van der Waals surface area contributed by atoms with E-state index in [2.05, 4.69) is 72.7 Å². The number of hydrogen-bond acceptors (Lipinski definition) is 2. The van der Waals surface area contributed by atoms with Crippen molar-refractivity contribution in [3.05, 3.63) is 64.7 Å². The zero-order chi connectivity index (χ0) is 22.8. The molecule has 0 bridgehead atoms. The van der Waals surface area contributed by atoms with E-state index >= 15 is 0 Å². The molecule has 2 heteroatoms. The SMILES string of the molecule is Cc1cc(C(C)(C)C)c(OC(=O)C(c2ccccc2)C2CCCCC2)c(C(C)(C)C)c1. The van der Waals surface area contributed by atoms with E-state index in [-0.39, 0.29) is 22.7 Å². The van der Waals surface area contributed by atoms with Crippen LogP contribution in [0.5, 0.6) is 5.75 Å². The third-order valence-electron chi connectivity index (χ3n) is 6.59. The van der Waals surface area contributed by atoms with Gasteiger partial charge in [0.1, 0.15) is 5.75 Å². The number of esters is 1. The maximum absolute atomic E-state index is 13.8. The number of aryl methyl sites for hydroxylation is 1. The van der Waals surface area contributed by atoms with Crippen molar-refractivity contribution in [2.45, 2.75) is 97.3 Å². The lowest BCUT2D eigenvalue weighted by molar-refractivity contribution is -0.138. The molecule has 31 heavy (non-hydrogen) atoms. The summed E-state index contributed by atoms with van der Waals surface area (Å²) in [5.41, 5.74) is 4.29. The van der Waals surface area contributed by atoms with Gasteiger partial charge in [-0.05, 0) is 42.1 Å². The summed E-state index contributed by atoms with van der Waals surface area (Å²) in [6.45, 7) is 15.3. The van der Waals surface area contributed by atoms with Crippen molar-refractivity contribution in [2.75, 3.05) is 0 Å². The summed E-state index contributed by atoms with van der Waals surface area (Å²) in [4.78, 5) is 13.8. The molecule has 1 unspecified atom stereocenters. The van der Waals surface area contributed by atoms with Gasteiger partial charge in [-0.3, -0.25) is 4.79 Å². The van der Waals surface area contributed by atoms with Crippen molar-refractivity contribution in [2.24, 2.45) is 5.92 Å². The van der Waals surface area contributed by atoms with Gasteiger partial charge in [0.2, 0.25) is 0 Å². The summed E-state index contributed by atoms with van der Waals surface area (Å²) in [5.74, 6) is 0.819. The molecule has 3 rings (SSSR count). The molecule has 0 amide bonds. The Morgan fingerprint density at radius 1 is 0.871 bits per heavy atom. The van der Waals surface area contributed by atoms with Crippen molar-refractivity contribution in [3.8, 4) is 5.75 Å². The molecule has 2 aromatic rings. The van der Waals surface area contributed by atoms with Crippen molar-refractivity contribution in [1.82, 2.24) is 0 Å². The molecule has 1 saturated carbocycles. The van der Waals surface area contributed by atoms with E-state index in [4.69, 9.17) is 4.74 Å². The highest BCUT2D eigenvalue weighted by atomic mass is 16.5. The fourth-order valence-electron chi connectivity index (χ4n) is 4.89. The number of benzene rings is 2. The first kappa shape index (κ1) is 23.6. The van der Waals surface area contributed by atoms with Crippen LogP contribution in [0.15, 0.2) is 42.5 Å². The fraction of sp³-hybridized carbons (Fsp3) is 0.552. The number of carbonyl (C=O) groups is 1. The molecule has 0 spiro atoms. The maximum atomic E-state index is 13.8. The first-order valence-electron chi connectivity index (χ1n) is 11.9. The Bertz CT molecular complexity index is 856. The summed E-state index contributed by atoms with van der Waals surface area (Å²) in [7, 11) is 0. The maximum Gasteiger partial charge on any atom is 0.319 e. The van der Waals surface area contributed by atoms with Crippen LogP contribution in [0.2, 0.25) is 0 Å². The average molecular weight is 421 g/mol. The van der Waals surface area contributed by atoms with Gasteiger partial charge in [0.25, 0.3) is 0 Å². The molecule has 0 aromatic heterocycles. The fourth-order valence-corrected chi connectivity index (χ4v) is 4.89. The van der Waals surface area contributed by atoms with E-state index in [9.17, 15) is 4.79 Å². The zero-order valence-corrected chi connectivity index (χ0v) is 20.5. The van der Waals surface area contributed by atoms with E-state index in [1.54, 1.807) is 0 Å². The van der Waals surface area contributed by atoms with E-state index in [0.29, 0.717) is 5.92 Å². The van der Waals surface area contributed by atoms with Crippen LogP contribution in [-0.4, -0.2) is 5.97 Å².